The van der Waals surface area contributed by atoms with Crippen LogP contribution in [0.4, 0.5) is 5.69 Å². The van der Waals surface area contributed by atoms with Crippen LogP contribution in [0.5, 0.6) is 0 Å². The Bertz CT molecular complexity index is 589. The van der Waals surface area contributed by atoms with Crippen LogP contribution in [0.25, 0.3) is 5.69 Å². The molecule has 1 aliphatic heterocycles. The Morgan fingerprint density at radius 3 is 2.95 bits per heavy atom. The number of benzene rings is 1. The summed E-state index contributed by atoms with van der Waals surface area (Å²) in [5.74, 6) is 0.00246. The highest BCUT2D eigenvalue weighted by atomic mass is 16.5. The van der Waals surface area contributed by atoms with Gasteiger partial charge in [0.15, 0.2) is 0 Å². The van der Waals surface area contributed by atoms with Crippen molar-refractivity contribution < 1.29 is 9.53 Å². The SMILES string of the molecule is O=C(CC1COCCN1)Nc1cccc(-n2cccc2)c1. The summed E-state index contributed by atoms with van der Waals surface area (Å²) in [7, 11) is 0. The van der Waals surface area contributed by atoms with E-state index in [-0.39, 0.29) is 11.9 Å². The van der Waals surface area contributed by atoms with E-state index in [0.29, 0.717) is 13.0 Å². The van der Waals surface area contributed by atoms with Crippen LogP contribution in [0.3, 0.4) is 0 Å². The van der Waals surface area contributed by atoms with E-state index < -0.39 is 0 Å². The minimum atomic E-state index is 0.00246. The predicted molar refractivity (Wildman–Crippen MR) is 81.6 cm³/mol. The summed E-state index contributed by atoms with van der Waals surface area (Å²) >= 11 is 0. The topological polar surface area (TPSA) is 55.3 Å². The third kappa shape index (κ3) is 3.71. The molecule has 110 valence electrons. The molecule has 1 atom stereocenters. The Labute approximate surface area is 123 Å². The average Bonchev–Trinajstić information content (AvgIpc) is 3.02. The third-order valence-corrected chi connectivity index (χ3v) is 3.46. The number of morpholine rings is 1. The van der Waals surface area contributed by atoms with Crippen molar-refractivity contribution in [2.75, 3.05) is 25.1 Å². The normalized spacial score (nSPS) is 18.4. The highest BCUT2D eigenvalue weighted by molar-refractivity contribution is 5.91. The van der Waals surface area contributed by atoms with Crippen LogP contribution in [0, 0.1) is 0 Å². The van der Waals surface area contributed by atoms with E-state index in [1.165, 1.54) is 0 Å². The lowest BCUT2D eigenvalue weighted by Crippen LogP contribution is -2.43. The standard InChI is InChI=1S/C16H19N3O2/c20-16(11-14-12-21-9-6-17-14)18-13-4-3-5-15(10-13)19-7-1-2-8-19/h1-5,7-8,10,14,17H,6,9,11-12H2,(H,18,20). The first-order valence-corrected chi connectivity index (χ1v) is 7.16. The van der Waals surface area contributed by atoms with Gasteiger partial charge in [0, 0.05) is 42.8 Å². The number of nitrogens with one attached hydrogen (secondary N) is 2. The lowest BCUT2D eigenvalue weighted by Gasteiger charge is -2.23. The first-order valence-electron chi connectivity index (χ1n) is 7.16. The van der Waals surface area contributed by atoms with Gasteiger partial charge in [-0.05, 0) is 30.3 Å². The number of amides is 1. The fraction of sp³-hybridized carbons (Fsp3) is 0.312. The maximum Gasteiger partial charge on any atom is 0.226 e. The molecule has 0 aliphatic carbocycles. The van der Waals surface area contributed by atoms with Gasteiger partial charge in [-0.2, -0.15) is 0 Å². The fourth-order valence-electron chi connectivity index (χ4n) is 2.44. The number of hydrogen-bond acceptors (Lipinski definition) is 3. The van der Waals surface area contributed by atoms with E-state index in [0.717, 1.165) is 24.5 Å². The van der Waals surface area contributed by atoms with Crippen LogP contribution in [-0.4, -0.2) is 36.3 Å². The van der Waals surface area contributed by atoms with E-state index in [2.05, 4.69) is 10.6 Å². The molecule has 1 aromatic heterocycles. The Balaban J connectivity index is 1.62. The molecule has 2 heterocycles. The zero-order valence-corrected chi connectivity index (χ0v) is 11.8. The Morgan fingerprint density at radius 2 is 2.19 bits per heavy atom. The molecule has 1 fully saturated rings. The second-order valence-electron chi connectivity index (χ2n) is 5.12. The van der Waals surface area contributed by atoms with Crippen LogP contribution in [0.1, 0.15) is 6.42 Å². The molecular formula is C16H19N3O2. The molecule has 5 heteroatoms. The average molecular weight is 285 g/mol. The van der Waals surface area contributed by atoms with E-state index >= 15 is 0 Å². The van der Waals surface area contributed by atoms with Gasteiger partial charge in [0.2, 0.25) is 5.91 Å². The first-order chi connectivity index (χ1) is 10.3. The van der Waals surface area contributed by atoms with Crippen LogP contribution in [-0.2, 0) is 9.53 Å². The molecule has 1 aliphatic rings. The zero-order valence-electron chi connectivity index (χ0n) is 11.8. The number of aromatic nitrogens is 1. The van der Waals surface area contributed by atoms with Crippen molar-refractivity contribution in [3.63, 3.8) is 0 Å². The number of anilines is 1. The quantitative estimate of drug-likeness (QED) is 0.900. The zero-order chi connectivity index (χ0) is 14.5. The molecule has 1 amide bonds. The molecule has 0 bridgehead atoms. The van der Waals surface area contributed by atoms with Gasteiger partial charge >= 0.3 is 0 Å². The van der Waals surface area contributed by atoms with Crippen molar-refractivity contribution in [1.29, 1.82) is 0 Å². The number of ether oxygens (including phenoxy) is 1. The lowest BCUT2D eigenvalue weighted by molar-refractivity contribution is -0.117. The summed E-state index contributed by atoms with van der Waals surface area (Å²) < 4.78 is 7.36. The molecule has 1 saturated heterocycles. The summed E-state index contributed by atoms with van der Waals surface area (Å²) in [4.78, 5) is 12.1. The second-order valence-corrected chi connectivity index (χ2v) is 5.12. The van der Waals surface area contributed by atoms with Crippen LogP contribution < -0.4 is 10.6 Å². The van der Waals surface area contributed by atoms with Crippen molar-refractivity contribution in [2.24, 2.45) is 0 Å². The molecular weight excluding hydrogens is 266 g/mol. The van der Waals surface area contributed by atoms with Crippen molar-refractivity contribution in [3.8, 4) is 5.69 Å². The molecule has 2 aromatic rings. The molecule has 21 heavy (non-hydrogen) atoms. The van der Waals surface area contributed by atoms with Gasteiger partial charge in [-0.3, -0.25) is 4.79 Å². The van der Waals surface area contributed by atoms with Crippen molar-refractivity contribution in [2.45, 2.75) is 12.5 Å². The number of carbonyl (C=O) groups is 1. The highest BCUT2D eigenvalue weighted by Crippen LogP contribution is 2.15. The van der Waals surface area contributed by atoms with Crippen LogP contribution in [0.15, 0.2) is 48.8 Å². The summed E-state index contributed by atoms with van der Waals surface area (Å²) in [6.07, 6.45) is 4.38. The molecule has 1 unspecified atom stereocenters. The molecule has 0 saturated carbocycles. The molecule has 5 nitrogen and oxygen atoms in total. The summed E-state index contributed by atoms with van der Waals surface area (Å²) in [5.41, 5.74) is 1.83. The highest BCUT2D eigenvalue weighted by Gasteiger charge is 2.16. The minimum Gasteiger partial charge on any atom is -0.378 e. The monoisotopic (exact) mass is 285 g/mol. The maximum atomic E-state index is 12.1. The second kappa shape index (κ2) is 6.56. The van der Waals surface area contributed by atoms with Crippen molar-refractivity contribution in [3.05, 3.63) is 48.8 Å². The van der Waals surface area contributed by atoms with Gasteiger partial charge in [0.05, 0.1) is 13.2 Å². The summed E-state index contributed by atoms with van der Waals surface area (Å²) in [6.45, 7) is 2.12. The van der Waals surface area contributed by atoms with Gasteiger partial charge in [-0.25, -0.2) is 0 Å². The van der Waals surface area contributed by atoms with Gasteiger partial charge in [-0.1, -0.05) is 6.07 Å². The summed E-state index contributed by atoms with van der Waals surface area (Å²) in [6, 6.07) is 11.9. The Kier molecular flexibility index (Phi) is 4.33. The number of nitrogens with zero attached hydrogens (tertiary/aromatic N) is 1. The van der Waals surface area contributed by atoms with Crippen molar-refractivity contribution >= 4 is 11.6 Å². The maximum absolute atomic E-state index is 12.1. The lowest BCUT2D eigenvalue weighted by atomic mass is 10.2. The molecule has 0 radical (unpaired) electrons. The van der Waals surface area contributed by atoms with E-state index in [1.54, 1.807) is 0 Å². The number of carbonyl (C=O) groups excluding carboxylic acids is 1. The van der Waals surface area contributed by atoms with Gasteiger partial charge in [-0.15, -0.1) is 0 Å². The number of hydrogen-bond donors (Lipinski definition) is 2. The Morgan fingerprint density at radius 1 is 1.33 bits per heavy atom. The van der Waals surface area contributed by atoms with Gasteiger partial charge < -0.3 is 19.9 Å². The molecule has 2 N–H and O–H groups in total. The Hall–Kier alpha value is -2.11. The summed E-state index contributed by atoms with van der Waals surface area (Å²) in [5, 5.41) is 6.22. The van der Waals surface area contributed by atoms with Gasteiger partial charge in [0.25, 0.3) is 0 Å². The van der Waals surface area contributed by atoms with Gasteiger partial charge in [0.1, 0.15) is 0 Å². The predicted octanol–water partition coefficient (Wildman–Crippen LogP) is 1.79. The molecule has 1 aromatic carbocycles. The molecule has 3 rings (SSSR count). The molecule has 0 spiro atoms. The minimum absolute atomic E-state index is 0.00246. The van der Waals surface area contributed by atoms with E-state index in [1.807, 2.05) is 53.4 Å². The fourth-order valence-corrected chi connectivity index (χ4v) is 2.44. The third-order valence-electron chi connectivity index (χ3n) is 3.46. The van der Waals surface area contributed by atoms with Crippen LogP contribution >= 0.6 is 0 Å². The van der Waals surface area contributed by atoms with Crippen molar-refractivity contribution in [1.82, 2.24) is 9.88 Å². The van der Waals surface area contributed by atoms with E-state index in [4.69, 9.17) is 4.74 Å². The van der Waals surface area contributed by atoms with E-state index in [9.17, 15) is 4.79 Å². The largest absolute Gasteiger partial charge is 0.378 e. The van der Waals surface area contributed by atoms with Crippen LogP contribution in [0.2, 0.25) is 0 Å². The smallest absolute Gasteiger partial charge is 0.226 e. The first kappa shape index (κ1) is 13.9. The number of rotatable bonds is 4.